The lowest BCUT2D eigenvalue weighted by Gasteiger charge is -2.34. The van der Waals surface area contributed by atoms with Crippen LogP contribution >= 0.6 is 11.6 Å². The molecule has 2 aromatic heterocycles. The van der Waals surface area contributed by atoms with Crippen LogP contribution in [0.15, 0.2) is 54.9 Å². The van der Waals surface area contributed by atoms with Gasteiger partial charge in [0.05, 0.1) is 18.1 Å². The summed E-state index contributed by atoms with van der Waals surface area (Å²) < 4.78 is 25.9. The fourth-order valence-corrected chi connectivity index (χ4v) is 4.76. The lowest BCUT2D eigenvalue weighted by molar-refractivity contribution is 0.312. The second kappa shape index (κ2) is 9.27. The monoisotopic (exact) mass is 459 g/mol. The summed E-state index contributed by atoms with van der Waals surface area (Å²) in [5.41, 5.74) is 2.45. The standard InChI is InChI=1S/C21H22ClN5O3S/c22-18-5-3-16(4-6-18)19-14-20(25-21(24-19)17-2-1-7-23-15-17)26-8-10-27(11-9-26)31(29,30)13-12-28/h1-7,14-15,28H,8-13H2. The number of anilines is 1. The van der Waals surface area contributed by atoms with Gasteiger partial charge in [0, 0.05) is 60.8 Å². The fourth-order valence-electron chi connectivity index (χ4n) is 3.43. The van der Waals surface area contributed by atoms with Gasteiger partial charge in [0.2, 0.25) is 10.0 Å². The van der Waals surface area contributed by atoms with Crippen LogP contribution < -0.4 is 4.90 Å². The highest BCUT2D eigenvalue weighted by Crippen LogP contribution is 2.27. The molecule has 4 rings (SSSR count). The molecule has 1 aromatic carbocycles. The SMILES string of the molecule is O=S(=O)(CCO)N1CCN(c2cc(-c3ccc(Cl)cc3)nc(-c3cccnc3)n2)CC1. The Morgan fingerprint density at radius 3 is 2.39 bits per heavy atom. The second-order valence-corrected chi connectivity index (χ2v) is 9.63. The topological polar surface area (TPSA) is 99.5 Å². The Kier molecular flexibility index (Phi) is 6.47. The highest BCUT2D eigenvalue weighted by atomic mass is 35.5. The number of halogens is 1. The van der Waals surface area contributed by atoms with Gasteiger partial charge in [-0.25, -0.2) is 18.4 Å². The molecule has 1 saturated heterocycles. The minimum Gasteiger partial charge on any atom is -0.395 e. The summed E-state index contributed by atoms with van der Waals surface area (Å²) in [7, 11) is -3.44. The molecule has 1 N–H and O–H groups in total. The molecule has 0 radical (unpaired) electrons. The van der Waals surface area contributed by atoms with E-state index in [1.54, 1.807) is 12.4 Å². The van der Waals surface area contributed by atoms with Crippen molar-refractivity contribution in [2.24, 2.45) is 0 Å². The van der Waals surface area contributed by atoms with Crippen LogP contribution in [-0.2, 0) is 10.0 Å². The third-order valence-corrected chi connectivity index (χ3v) is 7.18. The molecule has 3 aromatic rings. The Hall–Kier alpha value is -2.59. The minimum atomic E-state index is -3.44. The predicted molar refractivity (Wildman–Crippen MR) is 120 cm³/mol. The predicted octanol–water partition coefficient (Wildman–Crippen LogP) is 2.30. The Morgan fingerprint density at radius 2 is 1.74 bits per heavy atom. The van der Waals surface area contributed by atoms with Crippen molar-refractivity contribution >= 4 is 27.4 Å². The lowest BCUT2D eigenvalue weighted by atomic mass is 10.1. The van der Waals surface area contributed by atoms with E-state index in [9.17, 15) is 8.42 Å². The molecule has 3 heterocycles. The van der Waals surface area contributed by atoms with Crippen LogP contribution in [-0.4, -0.2) is 71.3 Å². The van der Waals surface area contributed by atoms with Crippen molar-refractivity contribution in [3.05, 3.63) is 59.9 Å². The summed E-state index contributed by atoms with van der Waals surface area (Å²) in [5.74, 6) is 1.01. The number of hydrogen-bond acceptors (Lipinski definition) is 7. The summed E-state index contributed by atoms with van der Waals surface area (Å²) in [5, 5.41) is 9.65. The fraction of sp³-hybridized carbons (Fsp3) is 0.286. The first-order valence-electron chi connectivity index (χ1n) is 9.85. The third-order valence-electron chi connectivity index (χ3n) is 5.08. The number of rotatable bonds is 6. The maximum Gasteiger partial charge on any atom is 0.216 e. The van der Waals surface area contributed by atoms with Gasteiger partial charge >= 0.3 is 0 Å². The molecule has 0 unspecified atom stereocenters. The zero-order valence-electron chi connectivity index (χ0n) is 16.7. The Morgan fingerprint density at radius 1 is 1.00 bits per heavy atom. The van der Waals surface area contributed by atoms with E-state index in [1.807, 2.05) is 47.4 Å². The Balaban J connectivity index is 1.66. The molecular formula is C21H22ClN5O3S. The van der Waals surface area contributed by atoms with E-state index in [-0.39, 0.29) is 12.4 Å². The summed E-state index contributed by atoms with van der Waals surface area (Å²) in [6.45, 7) is 1.28. The maximum atomic E-state index is 12.2. The van der Waals surface area contributed by atoms with Gasteiger partial charge < -0.3 is 10.0 Å². The summed E-state index contributed by atoms with van der Waals surface area (Å²) in [4.78, 5) is 15.7. The lowest BCUT2D eigenvalue weighted by Crippen LogP contribution is -2.49. The van der Waals surface area contributed by atoms with Gasteiger partial charge in [-0.1, -0.05) is 23.7 Å². The number of piperazine rings is 1. The number of hydrogen-bond donors (Lipinski definition) is 1. The summed E-state index contributed by atoms with van der Waals surface area (Å²) >= 11 is 6.03. The Bertz CT molecular complexity index is 1140. The summed E-state index contributed by atoms with van der Waals surface area (Å²) in [6, 6.07) is 13.1. The largest absolute Gasteiger partial charge is 0.395 e. The number of aliphatic hydroxyl groups is 1. The van der Waals surface area contributed by atoms with Gasteiger partial charge in [0.1, 0.15) is 5.82 Å². The van der Waals surface area contributed by atoms with Crippen molar-refractivity contribution < 1.29 is 13.5 Å². The highest BCUT2D eigenvalue weighted by molar-refractivity contribution is 7.89. The quantitative estimate of drug-likeness (QED) is 0.603. The molecule has 1 fully saturated rings. The highest BCUT2D eigenvalue weighted by Gasteiger charge is 2.27. The van der Waals surface area contributed by atoms with E-state index >= 15 is 0 Å². The average molecular weight is 460 g/mol. The normalized spacial score (nSPS) is 15.2. The molecule has 31 heavy (non-hydrogen) atoms. The average Bonchev–Trinajstić information content (AvgIpc) is 2.80. The van der Waals surface area contributed by atoms with Crippen molar-refractivity contribution in [1.82, 2.24) is 19.3 Å². The van der Waals surface area contributed by atoms with Crippen LogP contribution in [0.4, 0.5) is 5.82 Å². The van der Waals surface area contributed by atoms with Crippen molar-refractivity contribution in [2.45, 2.75) is 0 Å². The molecule has 0 aliphatic carbocycles. The van der Waals surface area contributed by atoms with E-state index in [0.29, 0.717) is 37.0 Å². The Labute approximate surface area is 186 Å². The van der Waals surface area contributed by atoms with E-state index in [0.717, 1.165) is 22.6 Å². The number of aliphatic hydroxyl groups excluding tert-OH is 1. The number of benzene rings is 1. The molecule has 8 nitrogen and oxygen atoms in total. The van der Waals surface area contributed by atoms with E-state index < -0.39 is 10.0 Å². The van der Waals surface area contributed by atoms with Crippen molar-refractivity contribution in [1.29, 1.82) is 0 Å². The van der Waals surface area contributed by atoms with Gasteiger partial charge in [-0.15, -0.1) is 0 Å². The van der Waals surface area contributed by atoms with Gasteiger partial charge in [0.15, 0.2) is 5.82 Å². The first-order valence-corrected chi connectivity index (χ1v) is 11.8. The van der Waals surface area contributed by atoms with Gasteiger partial charge in [-0.05, 0) is 24.3 Å². The molecule has 162 valence electrons. The molecular weight excluding hydrogens is 438 g/mol. The molecule has 0 spiro atoms. The van der Waals surface area contributed by atoms with Gasteiger partial charge in [0.25, 0.3) is 0 Å². The number of aromatic nitrogens is 3. The molecule has 10 heteroatoms. The first-order chi connectivity index (χ1) is 15.0. The van der Waals surface area contributed by atoms with E-state index in [4.69, 9.17) is 26.7 Å². The first kappa shape index (κ1) is 21.6. The van der Waals surface area contributed by atoms with E-state index in [2.05, 4.69) is 4.98 Å². The van der Waals surface area contributed by atoms with Gasteiger partial charge in [-0.2, -0.15) is 4.31 Å². The smallest absolute Gasteiger partial charge is 0.216 e. The van der Waals surface area contributed by atoms with Crippen LogP contribution in [0.25, 0.3) is 22.6 Å². The van der Waals surface area contributed by atoms with Crippen LogP contribution in [0.5, 0.6) is 0 Å². The van der Waals surface area contributed by atoms with Crippen molar-refractivity contribution in [3.8, 4) is 22.6 Å². The molecule has 0 atom stereocenters. The van der Waals surface area contributed by atoms with Crippen molar-refractivity contribution in [3.63, 3.8) is 0 Å². The minimum absolute atomic E-state index is 0.258. The van der Waals surface area contributed by atoms with Crippen molar-refractivity contribution in [2.75, 3.05) is 43.4 Å². The number of pyridine rings is 1. The molecule has 1 aliphatic rings. The van der Waals surface area contributed by atoms with Crippen LogP contribution in [0.2, 0.25) is 5.02 Å². The van der Waals surface area contributed by atoms with Crippen LogP contribution in [0.3, 0.4) is 0 Å². The van der Waals surface area contributed by atoms with E-state index in [1.165, 1.54) is 4.31 Å². The van der Waals surface area contributed by atoms with Crippen LogP contribution in [0, 0.1) is 0 Å². The molecule has 0 amide bonds. The third kappa shape index (κ3) is 5.01. The van der Waals surface area contributed by atoms with Crippen LogP contribution in [0.1, 0.15) is 0 Å². The maximum absolute atomic E-state index is 12.2. The number of nitrogens with zero attached hydrogens (tertiary/aromatic N) is 5. The molecule has 0 bridgehead atoms. The number of sulfonamides is 1. The summed E-state index contributed by atoms with van der Waals surface area (Å²) in [6.07, 6.45) is 3.41. The van der Waals surface area contributed by atoms with Gasteiger partial charge in [-0.3, -0.25) is 4.98 Å². The zero-order valence-corrected chi connectivity index (χ0v) is 18.3. The second-order valence-electron chi connectivity index (χ2n) is 7.11. The molecule has 0 saturated carbocycles. The zero-order chi connectivity index (χ0) is 21.8. The molecule has 1 aliphatic heterocycles.